The highest BCUT2D eigenvalue weighted by atomic mass is 35.5. The largest absolute Gasteiger partial charge is 0.341 e. The van der Waals surface area contributed by atoms with Gasteiger partial charge in [-0.05, 0) is 46.7 Å². The molecular formula is C18H18ClN5OS. The van der Waals surface area contributed by atoms with E-state index in [4.69, 9.17) is 11.6 Å². The van der Waals surface area contributed by atoms with Gasteiger partial charge >= 0.3 is 0 Å². The second kappa shape index (κ2) is 8.33. The highest BCUT2D eigenvalue weighted by molar-refractivity contribution is 7.99. The third-order valence-corrected chi connectivity index (χ3v) is 4.98. The average molecular weight is 388 g/mol. The molecule has 1 amide bonds. The van der Waals surface area contributed by atoms with Crippen LogP contribution in [0.2, 0.25) is 5.02 Å². The van der Waals surface area contributed by atoms with Gasteiger partial charge in [-0.15, -0.1) is 5.10 Å². The van der Waals surface area contributed by atoms with E-state index in [1.807, 2.05) is 55.5 Å². The van der Waals surface area contributed by atoms with E-state index < -0.39 is 0 Å². The third kappa shape index (κ3) is 4.42. The molecule has 1 aromatic heterocycles. The molecule has 0 aliphatic heterocycles. The number of hydrogen-bond acceptors (Lipinski definition) is 5. The average Bonchev–Trinajstić information content (AvgIpc) is 3.08. The van der Waals surface area contributed by atoms with Gasteiger partial charge in [0.05, 0.1) is 11.4 Å². The van der Waals surface area contributed by atoms with Gasteiger partial charge in [-0.2, -0.15) is 4.68 Å². The highest BCUT2D eigenvalue weighted by Gasteiger charge is 2.15. The van der Waals surface area contributed by atoms with E-state index in [0.29, 0.717) is 16.7 Å². The molecular weight excluding hydrogens is 370 g/mol. The summed E-state index contributed by atoms with van der Waals surface area (Å²) in [6.45, 7) is 2.50. The zero-order valence-corrected chi connectivity index (χ0v) is 16.0. The Bertz CT molecular complexity index is 914. The molecule has 0 saturated carbocycles. The number of tetrazole rings is 1. The van der Waals surface area contributed by atoms with E-state index in [1.165, 1.54) is 11.8 Å². The van der Waals surface area contributed by atoms with Crippen molar-refractivity contribution in [3.8, 4) is 5.69 Å². The number of amides is 1. The van der Waals surface area contributed by atoms with Crippen LogP contribution in [-0.4, -0.2) is 43.8 Å². The minimum Gasteiger partial charge on any atom is -0.341 e. The van der Waals surface area contributed by atoms with Crippen molar-refractivity contribution in [3.05, 3.63) is 64.7 Å². The van der Waals surface area contributed by atoms with Crippen LogP contribution in [0.15, 0.2) is 53.7 Å². The van der Waals surface area contributed by atoms with Crippen molar-refractivity contribution in [1.29, 1.82) is 0 Å². The van der Waals surface area contributed by atoms with Crippen molar-refractivity contribution in [2.45, 2.75) is 18.6 Å². The lowest BCUT2D eigenvalue weighted by atomic mass is 10.2. The van der Waals surface area contributed by atoms with Gasteiger partial charge in [-0.3, -0.25) is 4.79 Å². The molecule has 0 radical (unpaired) electrons. The van der Waals surface area contributed by atoms with Crippen LogP contribution in [-0.2, 0) is 11.3 Å². The Balaban J connectivity index is 1.63. The summed E-state index contributed by atoms with van der Waals surface area (Å²) >= 11 is 7.31. The van der Waals surface area contributed by atoms with Gasteiger partial charge in [0.2, 0.25) is 11.1 Å². The van der Waals surface area contributed by atoms with Gasteiger partial charge in [0, 0.05) is 18.6 Å². The first-order chi connectivity index (χ1) is 12.5. The van der Waals surface area contributed by atoms with Crippen LogP contribution in [0.4, 0.5) is 0 Å². The second-order valence-electron chi connectivity index (χ2n) is 5.83. The quantitative estimate of drug-likeness (QED) is 0.607. The molecule has 134 valence electrons. The van der Waals surface area contributed by atoms with Gasteiger partial charge in [-0.25, -0.2) is 0 Å². The molecule has 0 aliphatic carbocycles. The maximum absolute atomic E-state index is 12.4. The zero-order valence-electron chi connectivity index (χ0n) is 14.5. The van der Waals surface area contributed by atoms with Crippen LogP contribution in [0.5, 0.6) is 0 Å². The Morgan fingerprint density at radius 3 is 2.81 bits per heavy atom. The van der Waals surface area contributed by atoms with Crippen molar-refractivity contribution in [3.63, 3.8) is 0 Å². The number of halogens is 1. The number of thioether (sulfide) groups is 1. The summed E-state index contributed by atoms with van der Waals surface area (Å²) in [4.78, 5) is 14.1. The van der Waals surface area contributed by atoms with Gasteiger partial charge in [-0.1, -0.05) is 53.7 Å². The van der Waals surface area contributed by atoms with E-state index in [0.717, 1.165) is 16.8 Å². The lowest BCUT2D eigenvalue weighted by Crippen LogP contribution is -2.27. The molecule has 0 bridgehead atoms. The first-order valence-electron chi connectivity index (χ1n) is 8.00. The van der Waals surface area contributed by atoms with Gasteiger partial charge in [0.25, 0.3) is 0 Å². The summed E-state index contributed by atoms with van der Waals surface area (Å²) in [5, 5.41) is 13.1. The SMILES string of the molecule is Cc1ccccc1-n1nnnc1SCC(=O)N(C)Cc1cccc(Cl)c1. The molecule has 6 nitrogen and oxygen atoms in total. The molecule has 0 fully saturated rings. The standard InChI is InChI=1S/C18H18ClN5OS/c1-13-6-3-4-9-16(13)24-18(20-21-22-24)26-12-17(25)23(2)11-14-7-5-8-15(19)10-14/h3-10H,11-12H2,1-2H3. The zero-order chi connectivity index (χ0) is 18.5. The summed E-state index contributed by atoms with van der Waals surface area (Å²) in [5.74, 6) is 0.248. The number of aromatic nitrogens is 4. The van der Waals surface area contributed by atoms with Crippen molar-refractivity contribution < 1.29 is 4.79 Å². The van der Waals surface area contributed by atoms with Crippen molar-refractivity contribution in [2.75, 3.05) is 12.8 Å². The molecule has 0 spiro atoms. The maximum atomic E-state index is 12.4. The van der Waals surface area contributed by atoms with Crippen LogP contribution in [0.3, 0.4) is 0 Å². The predicted octanol–water partition coefficient (Wildman–Crippen LogP) is 3.37. The number of benzene rings is 2. The molecule has 0 N–H and O–H groups in total. The number of rotatable bonds is 6. The first kappa shape index (κ1) is 18.4. The van der Waals surface area contributed by atoms with Crippen LogP contribution < -0.4 is 0 Å². The van der Waals surface area contributed by atoms with Gasteiger partial charge < -0.3 is 4.90 Å². The highest BCUT2D eigenvalue weighted by Crippen LogP contribution is 2.21. The van der Waals surface area contributed by atoms with Crippen LogP contribution >= 0.6 is 23.4 Å². The van der Waals surface area contributed by atoms with E-state index in [-0.39, 0.29) is 11.7 Å². The fraction of sp³-hybridized carbons (Fsp3) is 0.222. The summed E-state index contributed by atoms with van der Waals surface area (Å²) in [5.41, 5.74) is 2.95. The van der Waals surface area contributed by atoms with E-state index in [1.54, 1.807) is 16.6 Å². The Morgan fingerprint density at radius 1 is 1.23 bits per heavy atom. The normalized spacial score (nSPS) is 10.7. The lowest BCUT2D eigenvalue weighted by Gasteiger charge is -2.17. The van der Waals surface area contributed by atoms with Gasteiger partial charge in [0.15, 0.2) is 0 Å². The smallest absolute Gasteiger partial charge is 0.233 e. The Hall–Kier alpha value is -2.38. The minimum absolute atomic E-state index is 0.00527. The Labute approximate surface area is 161 Å². The second-order valence-corrected chi connectivity index (χ2v) is 7.21. The number of hydrogen-bond donors (Lipinski definition) is 0. The number of nitrogens with zero attached hydrogens (tertiary/aromatic N) is 5. The van der Waals surface area contributed by atoms with E-state index in [2.05, 4.69) is 15.5 Å². The fourth-order valence-electron chi connectivity index (χ4n) is 2.46. The van der Waals surface area contributed by atoms with Crippen molar-refractivity contribution in [2.24, 2.45) is 0 Å². The molecule has 2 aromatic carbocycles. The molecule has 0 aliphatic rings. The van der Waals surface area contributed by atoms with Crippen LogP contribution in [0.1, 0.15) is 11.1 Å². The first-order valence-corrected chi connectivity index (χ1v) is 9.36. The van der Waals surface area contributed by atoms with Gasteiger partial charge in [0.1, 0.15) is 0 Å². The predicted molar refractivity (Wildman–Crippen MR) is 103 cm³/mol. The molecule has 26 heavy (non-hydrogen) atoms. The molecule has 1 heterocycles. The van der Waals surface area contributed by atoms with E-state index >= 15 is 0 Å². The molecule has 0 saturated heterocycles. The summed E-state index contributed by atoms with van der Waals surface area (Å²) < 4.78 is 1.66. The minimum atomic E-state index is -0.00527. The topological polar surface area (TPSA) is 63.9 Å². The monoisotopic (exact) mass is 387 g/mol. The van der Waals surface area contributed by atoms with Crippen LogP contribution in [0.25, 0.3) is 5.69 Å². The molecule has 0 atom stereocenters. The molecule has 3 aromatic rings. The van der Waals surface area contributed by atoms with Crippen molar-refractivity contribution in [1.82, 2.24) is 25.1 Å². The summed E-state index contributed by atoms with van der Waals surface area (Å²) in [6, 6.07) is 15.3. The number of carbonyl (C=O) groups is 1. The van der Waals surface area contributed by atoms with Crippen LogP contribution in [0, 0.1) is 6.92 Å². The Kier molecular flexibility index (Phi) is 5.90. The Morgan fingerprint density at radius 2 is 2.04 bits per heavy atom. The molecule has 0 unspecified atom stereocenters. The number of para-hydroxylation sites is 1. The summed E-state index contributed by atoms with van der Waals surface area (Å²) in [6.07, 6.45) is 0. The molecule has 3 rings (SSSR count). The number of aryl methyl sites for hydroxylation is 1. The summed E-state index contributed by atoms with van der Waals surface area (Å²) in [7, 11) is 1.77. The number of carbonyl (C=O) groups excluding carboxylic acids is 1. The fourth-order valence-corrected chi connectivity index (χ4v) is 3.49. The third-order valence-electron chi connectivity index (χ3n) is 3.84. The van der Waals surface area contributed by atoms with Crippen molar-refractivity contribution >= 4 is 29.3 Å². The lowest BCUT2D eigenvalue weighted by molar-refractivity contribution is -0.127. The van der Waals surface area contributed by atoms with E-state index in [9.17, 15) is 4.79 Å². The maximum Gasteiger partial charge on any atom is 0.233 e. The molecule has 8 heteroatoms.